The highest BCUT2D eigenvalue weighted by Crippen LogP contribution is 2.31. The van der Waals surface area contributed by atoms with E-state index in [1.807, 2.05) is 0 Å². The zero-order chi connectivity index (χ0) is 17.0. The molecule has 2 aliphatic rings. The summed E-state index contributed by atoms with van der Waals surface area (Å²) in [4.78, 5) is 2.10. The second-order valence-electron chi connectivity index (χ2n) is 7.16. The standard InChI is InChI=1S/C18H26ClNO4/c19-15-3-5-16(6-4-15)24-14-18(22)12-20(9-10-23-13-18)11-17(21)7-1-2-8-17/h3-6,21-22H,1-2,7-14H2/t18-/m0/s1. The van der Waals surface area contributed by atoms with Crippen molar-refractivity contribution in [1.29, 1.82) is 0 Å². The zero-order valence-corrected chi connectivity index (χ0v) is 14.7. The Hall–Kier alpha value is -0.850. The van der Waals surface area contributed by atoms with Crippen LogP contribution in [0.5, 0.6) is 5.75 Å². The summed E-state index contributed by atoms with van der Waals surface area (Å²) >= 11 is 5.87. The first kappa shape index (κ1) is 18.0. The van der Waals surface area contributed by atoms with Crippen molar-refractivity contribution in [2.24, 2.45) is 0 Å². The van der Waals surface area contributed by atoms with Crippen molar-refractivity contribution < 1.29 is 19.7 Å². The molecule has 1 aliphatic heterocycles. The topological polar surface area (TPSA) is 62.2 Å². The Kier molecular flexibility index (Phi) is 5.67. The average Bonchev–Trinajstić information content (AvgIpc) is 2.88. The zero-order valence-electron chi connectivity index (χ0n) is 13.9. The molecular formula is C18H26ClNO4. The van der Waals surface area contributed by atoms with Crippen LogP contribution in [-0.2, 0) is 4.74 Å². The van der Waals surface area contributed by atoms with Gasteiger partial charge >= 0.3 is 0 Å². The molecule has 0 bridgehead atoms. The fourth-order valence-corrected chi connectivity index (χ4v) is 3.70. The molecule has 1 saturated heterocycles. The third-order valence-corrected chi connectivity index (χ3v) is 5.07. The summed E-state index contributed by atoms with van der Waals surface area (Å²) < 4.78 is 11.3. The third-order valence-electron chi connectivity index (χ3n) is 4.81. The number of aliphatic hydroxyl groups is 2. The molecule has 1 atom stereocenters. The molecule has 1 heterocycles. The Balaban J connectivity index is 1.59. The SMILES string of the molecule is OC1(CN2CCOC[C@](O)(COc3ccc(Cl)cc3)C2)CCCC1. The monoisotopic (exact) mass is 355 g/mol. The summed E-state index contributed by atoms with van der Waals surface area (Å²) in [5.74, 6) is 0.665. The van der Waals surface area contributed by atoms with Gasteiger partial charge in [-0.3, -0.25) is 4.90 Å². The molecule has 5 nitrogen and oxygen atoms in total. The molecule has 1 aromatic rings. The molecule has 2 N–H and O–H groups in total. The van der Waals surface area contributed by atoms with Gasteiger partial charge in [-0.25, -0.2) is 0 Å². The minimum atomic E-state index is -1.09. The molecule has 3 rings (SSSR count). The largest absolute Gasteiger partial charge is 0.490 e. The fourth-order valence-electron chi connectivity index (χ4n) is 3.57. The number of hydrogen-bond acceptors (Lipinski definition) is 5. The van der Waals surface area contributed by atoms with Gasteiger partial charge in [0, 0.05) is 24.7 Å². The van der Waals surface area contributed by atoms with E-state index < -0.39 is 11.2 Å². The molecule has 0 spiro atoms. The Morgan fingerprint density at radius 1 is 1.12 bits per heavy atom. The summed E-state index contributed by atoms with van der Waals surface area (Å²) in [5.41, 5.74) is -1.71. The Bertz CT molecular complexity index is 532. The average molecular weight is 356 g/mol. The van der Waals surface area contributed by atoms with Crippen LogP contribution >= 0.6 is 11.6 Å². The lowest BCUT2D eigenvalue weighted by Gasteiger charge is -2.34. The van der Waals surface area contributed by atoms with E-state index in [1.165, 1.54) is 0 Å². The van der Waals surface area contributed by atoms with Gasteiger partial charge in [0.15, 0.2) is 0 Å². The maximum Gasteiger partial charge on any atom is 0.134 e. The molecule has 0 unspecified atom stereocenters. The van der Waals surface area contributed by atoms with E-state index in [2.05, 4.69) is 4.90 Å². The van der Waals surface area contributed by atoms with Gasteiger partial charge in [-0.05, 0) is 37.1 Å². The molecule has 1 aliphatic carbocycles. The number of ether oxygens (including phenoxy) is 2. The van der Waals surface area contributed by atoms with Crippen LogP contribution in [0.1, 0.15) is 25.7 Å². The lowest BCUT2D eigenvalue weighted by molar-refractivity contribution is -0.0712. The van der Waals surface area contributed by atoms with Gasteiger partial charge in [0.25, 0.3) is 0 Å². The van der Waals surface area contributed by atoms with E-state index in [0.29, 0.717) is 37.0 Å². The maximum atomic E-state index is 10.9. The maximum absolute atomic E-state index is 10.9. The molecule has 134 valence electrons. The Labute approximate surface area is 148 Å². The highest BCUT2D eigenvalue weighted by atomic mass is 35.5. The third kappa shape index (κ3) is 4.83. The lowest BCUT2D eigenvalue weighted by Crippen LogP contribution is -2.52. The number of rotatable bonds is 5. The molecule has 24 heavy (non-hydrogen) atoms. The quantitative estimate of drug-likeness (QED) is 0.846. The van der Waals surface area contributed by atoms with Crippen LogP contribution < -0.4 is 4.74 Å². The summed E-state index contributed by atoms with van der Waals surface area (Å²) in [7, 11) is 0. The van der Waals surface area contributed by atoms with Gasteiger partial charge in [-0.2, -0.15) is 0 Å². The molecule has 2 fully saturated rings. The second kappa shape index (κ2) is 7.58. The van der Waals surface area contributed by atoms with Crippen molar-refractivity contribution >= 4 is 11.6 Å². The van der Waals surface area contributed by atoms with Crippen LogP contribution in [0, 0.1) is 0 Å². The Morgan fingerprint density at radius 3 is 2.54 bits per heavy atom. The van der Waals surface area contributed by atoms with Crippen molar-refractivity contribution in [3.8, 4) is 5.75 Å². The normalized spacial score (nSPS) is 27.8. The van der Waals surface area contributed by atoms with Gasteiger partial charge in [0.1, 0.15) is 18.0 Å². The predicted molar refractivity (Wildman–Crippen MR) is 92.6 cm³/mol. The highest BCUT2D eigenvalue weighted by molar-refractivity contribution is 6.30. The van der Waals surface area contributed by atoms with Crippen LogP contribution in [-0.4, -0.2) is 65.8 Å². The summed E-state index contributed by atoms with van der Waals surface area (Å²) in [6.07, 6.45) is 3.82. The molecule has 1 aromatic carbocycles. The molecule has 0 amide bonds. The Morgan fingerprint density at radius 2 is 1.83 bits per heavy atom. The van der Waals surface area contributed by atoms with Gasteiger partial charge in [0.2, 0.25) is 0 Å². The first-order valence-corrected chi connectivity index (χ1v) is 8.98. The van der Waals surface area contributed by atoms with Crippen LogP contribution in [0.25, 0.3) is 0 Å². The second-order valence-corrected chi connectivity index (χ2v) is 7.60. The summed E-state index contributed by atoms with van der Waals surface area (Å²) in [6.45, 7) is 2.66. The predicted octanol–water partition coefficient (Wildman–Crippen LogP) is 2.09. The minimum Gasteiger partial charge on any atom is -0.490 e. The minimum absolute atomic E-state index is 0.142. The van der Waals surface area contributed by atoms with E-state index in [-0.39, 0.29) is 13.2 Å². The number of halogens is 1. The van der Waals surface area contributed by atoms with Crippen molar-refractivity contribution in [3.63, 3.8) is 0 Å². The van der Waals surface area contributed by atoms with Crippen molar-refractivity contribution in [3.05, 3.63) is 29.3 Å². The molecule has 6 heteroatoms. The van der Waals surface area contributed by atoms with Crippen molar-refractivity contribution in [2.45, 2.75) is 36.9 Å². The molecule has 0 radical (unpaired) electrons. The van der Waals surface area contributed by atoms with E-state index in [9.17, 15) is 10.2 Å². The first-order valence-electron chi connectivity index (χ1n) is 8.60. The van der Waals surface area contributed by atoms with Crippen LogP contribution in [0.4, 0.5) is 0 Å². The van der Waals surface area contributed by atoms with E-state index in [1.54, 1.807) is 24.3 Å². The lowest BCUT2D eigenvalue weighted by atomic mass is 10.00. The first-order chi connectivity index (χ1) is 11.5. The fraction of sp³-hybridized carbons (Fsp3) is 0.667. The van der Waals surface area contributed by atoms with Gasteiger partial charge in [-0.15, -0.1) is 0 Å². The molecule has 0 aromatic heterocycles. The van der Waals surface area contributed by atoms with E-state index >= 15 is 0 Å². The smallest absolute Gasteiger partial charge is 0.134 e. The van der Waals surface area contributed by atoms with Gasteiger partial charge in [-0.1, -0.05) is 24.4 Å². The van der Waals surface area contributed by atoms with Crippen molar-refractivity contribution in [1.82, 2.24) is 4.90 Å². The van der Waals surface area contributed by atoms with Gasteiger partial charge < -0.3 is 19.7 Å². The number of nitrogens with zero attached hydrogens (tertiary/aromatic N) is 1. The number of hydrogen-bond donors (Lipinski definition) is 2. The van der Waals surface area contributed by atoms with Gasteiger partial charge in [0.05, 0.1) is 18.8 Å². The van der Waals surface area contributed by atoms with Crippen LogP contribution in [0.15, 0.2) is 24.3 Å². The number of β-amino-alcohol motifs (C(OH)–C–C–N with tert-alkyl or cyclic N) is 2. The van der Waals surface area contributed by atoms with Crippen LogP contribution in [0.3, 0.4) is 0 Å². The number of benzene rings is 1. The van der Waals surface area contributed by atoms with Crippen LogP contribution in [0.2, 0.25) is 5.02 Å². The van der Waals surface area contributed by atoms with Crippen molar-refractivity contribution in [2.75, 3.05) is 39.5 Å². The van der Waals surface area contributed by atoms with E-state index in [0.717, 1.165) is 25.7 Å². The highest BCUT2D eigenvalue weighted by Gasteiger charge is 2.38. The summed E-state index contributed by atoms with van der Waals surface area (Å²) in [5, 5.41) is 22.2. The molecular weight excluding hydrogens is 330 g/mol. The molecule has 1 saturated carbocycles. The summed E-state index contributed by atoms with van der Waals surface area (Å²) in [6, 6.07) is 7.07. The van der Waals surface area contributed by atoms with E-state index in [4.69, 9.17) is 21.1 Å².